The third-order valence-corrected chi connectivity index (χ3v) is 2.81. The summed E-state index contributed by atoms with van der Waals surface area (Å²) in [5, 5.41) is 3.39. The summed E-state index contributed by atoms with van der Waals surface area (Å²) in [5.74, 6) is 0. The van der Waals surface area contributed by atoms with Crippen LogP contribution in [0.3, 0.4) is 0 Å². The first-order chi connectivity index (χ1) is 9.88. The molecule has 0 aliphatic rings. The van der Waals surface area contributed by atoms with Crippen molar-refractivity contribution in [2.24, 2.45) is 5.11 Å². The van der Waals surface area contributed by atoms with E-state index >= 15 is 0 Å². The van der Waals surface area contributed by atoms with E-state index in [2.05, 4.69) is 65.5 Å². The molecule has 0 amide bonds. The monoisotopic (exact) mass is 267 g/mol. The number of unbranched alkanes of at least 4 members (excludes halogenated alkanes) is 2. The summed E-state index contributed by atoms with van der Waals surface area (Å²) < 4.78 is 0. The smallest absolute Gasteiger partial charge is 0.0257 e. The van der Waals surface area contributed by atoms with Gasteiger partial charge in [-0.3, -0.25) is 0 Å². The van der Waals surface area contributed by atoms with Gasteiger partial charge in [0, 0.05) is 11.5 Å². The van der Waals surface area contributed by atoms with Crippen molar-refractivity contribution in [3.63, 3.8) is 0 Å². The SMILES string of the molecule is CCCCCN=[N+]=[N-].c1ccc(-c2ccccc2)cc1. The maximum absolute atomic E-state index is 7.82. The zero-order chi connectivity index (χ0) is 14.5. The predicted molar refractivity (Wildman–Crippen MR) is 85.4 cm³/mol. The number of rotatable bonds is 5. The van der Waals surface area contributed by atoms with E-state index in [9.17, 15) is 0 Å². The van der Waals surface area contributed by atoms with Crippen LogP contribution in [0.1, 0.15) is 26.2 Å². The van der Waals surface area contributed by atoms with Gasteiger partial charge in [-0.1, -0.05) is 85.5 Å². The van der Waals surface area contributed by atoms with Gasteiger partial charge in [0.05, 0.1) is 0 Å². The number of nitrogens with zero attached hydrogens (tertiary/aromatic N) is 3. The van der Waals surface area contributed by atoms with Gasteiger partial charge in [-0.2, -0.15) is 0 Å². The highest BCUT2D eigenvalue weighted by Gasteiger charge is 1.91. The Bertz CT molecular complexity index is 465. The molecule has 0 saturated heterocycles. The number of benzene rings is 2. The second kappa shape index (κ2) is 10.7. The first-order valence-corrected chi connectivity index (χ1v) is 6.99. The summed E-state index contributed by atoms with van der Waals surface area (Å²) in [6.07, 6.45) is 3.38. The molecule has 0 aliphatic heterocycles. The highest BCUT2D eigenvalue weighted by Crippen LogP contribution is 2.17. The number of hydrogen-bond acceptors (Lipinski definition) is 1. The van der Waals surface area contributed by atoms with Gasteiger partial charge in [0.1, 0.15) is 0 Å². The van der Waals surface area contributed by atoms with Gasteiger partial charge in [-0.15, -0.1) is 0 Å². The largest absolute Gasteiger partial charge is 0.0940 e. The lowest BCUT2D eigenvalue weighted by Crippen LogP contribution is -1.76. The highest BCUT2D eigenvalue weighted by atomic mass is 15.1. The fourth-order valence-corrected chi connectivity index (χ4v) is 1.74. The Balaban J connectivity index is 0.000000221. The zero-order valence-electron chi connectivity index (χ0n) is 11.9. The van der Waals surface area contributed by atoms with Crippen LogP contribution in [0.2, 0.25) is 0 Å². The topological polar surface area (TPSA) is 48.8 Å². The van der Waals surface area contributed by atoms with Gasteiger partial charge in [0.2, 0.25) is 0 Å². The fourth-order valence-electron chi connectivity index (χ4n) is 1.74. The van der Waals surface area contributed by atoms with Crippen molar-refractivity contribution < 1.29 is 0 Å². The van der Waals surface area contributed by atoms with Crippen molar-refractivity contribution in [3.8, 4) is 11.1 Å². The molecule has 0 fully saturated rings. The fraction of sp³-hybridized carbons (Fsp3) is 0.294. The van der Waals surface area contributed by atoms with Crippen molar-refractivity contribution in [3.05, 3.63) is 71.1 Å². The molecule has 0 saturated carbocycles. The third-order valence-electron chi connectivity index (χ3n) is 2.81. The van der Waals surface area contributed by atoms with Crippen LogP contribution in [0.25, 0.3) is 21.6 Å². The summed E-state index contributed by atoms with van der Waals surface area (Å²) >= 11 is 0. The van der Waals surface area contributed by atoms with E-state index in [1.54, 1.807) is 0 Å². The quantitative estimate of drug-likeness (QED) is 0.283. The van der Waals surface area contributed by atoms with Crippen LogP contribution in [-0.2, 0) is 0 Å². The molecular weight excluding hydrogens is 246 g/mol. The summed E-state index contributed by atoms with van der Waals surface area (Å²) in [7, 11) is 0. The maximum atomic E-state index is 7.82. The van der Waals surface area contributed by atoms with Crippen LogP contribution in [0.5, 0.6) is 0 Å². The molecular formula is C17H21N3. The molecule has 20 heavy (non-hydrogen) atoms. The zero-order valence-corrected chi connectivity index (χ0v) is 11.9. The van der Waals surface area contributed by atoms with E-state index < -0.39 is 0 Å². The Hall–Kier alpha value is -2.25. The van der Waals surface area contributed by atoms with Crippen LogP contribution in [0.4, 0.5) is 0 Å². The van der Waals surface area contributed by atoms with Crippen LogP contribution < -0.4 is 0 Å². The van der Waals surface area contributed by atoms with Crippen molar-refractivity contribution in [2.75, 3.05) is 6.54 Å². The van der Waals surface area contributed by atoms with E-state index in [0.29, 0.717) is 6.54 Å². The molecule has 2 aromatic carbocycles. The summed E-state index contributed by atoms with van der Waals surface area (Å²) in [6.45, 7) is 2.78. The minimum Gasteiger partial charge on any atom is -0.0940 e. The second-order valence-electron chi connectivity index (χ2n) is 4.39. The lowest BCUT2D eigenvalue weighted by molar-refractivity contribution is 0.725. The molecule has 0 aromatic heterocycles. The van der Waals surface area contributed by atoms with Crippen LogP contribution in [0.15, 0.2) is 65.8 Å². The predicted octanol–water partition coefficient (Wildman–Crippen LogP) is 5.84. The summed E-state index contributed by atoms with van der Waals surface area (Å²) in [5.41, 5.74) is 10.4. The van der Waals surface area contributed by atoms with Crippen molar-refractivity contribution in [1.29, 1.82) is 0 Å². The molecule has 0 unspecified atom stereocenters. The molecule has 0 atom stereocenters. The van der Waals surface area contributed by atoms with E-state index in [0.717, 1.165) is 6.42 Å². The first kappa shape index (κ1) is 15.8. The molecule has 0 bridgehead atoms. The lowest BCUT2D eigenvalue weighted by atomic mass is 10.1. The number of azide groups is 1. The molecule has 104 valence electrons. The first-order valence-electron chi connectivity index (χ1n) is 6.99. The van der Waals surface area contributed by atoms with Gasteiger partial charge < -0.3 is 0 Å². The van der Waals surface area contributed by atoms with E-state index in [4.69, 9.17) is 5.53 Å². The highest BCUT2D eigenvalue weighted by molar-refractivity contribution is 5.62. The molecule has 2 aromatic rings. The number of hydrogen-bond donors (Lipinski definition) is 0. The molecule has 2 rings (SSSR count). The normalized spacial score (nSPS) is 9.05. The van der Waals surface area contributed by atoms with E-state index in [-0.39, 0.29) is 0 Å². The Kier molecular flexibility index (Phi) is 8.42. The molecule has 3 nitrogen and oxygen atoms in total. The lowest BCUT2D eigenvalue weighted by Gasteiger charge is -1.98. The van der Waals surface area contributed by atoms with Gasteiger partial charge in [-0.25, -0.2) is 0 Å². The Morgan fingerprint density at radius 2 is 1.35 bits per heavy atom. The summed E-state index contributed by atoms with van der Waals surface area (Å²) in [4.78, 5) is 2.63. The van der Waals surface area contributed by atoms with Crippen LogP contribution >= 0.6 is 0 Å². The average Bonchev–Trinajstić information content (AvgIpc) is 2.54. The molecule has 3 heteroatoms. The molecule has 0 spiro atoms. The molecule has 0 aliphatic carbocycles. The van der Waals surface area contributed by atoms with Crippen molar-refractivity contribution in [1.82, 2.24) is 0 Å². The third kappa shape index (κ3) is 6.62. The molecule has 0 heterocycles. The Morgan fingerprint density at radius 3 is 1.75 bits per heavy atom. The molecule has 0 radical (unpaired) electrons. The van der Waals surface area contributed by atoms with Crippen LogP contribution in [0, 0.1) is 0 Å². The van der Waals surface area contributed by atoms with Gasteiger partial charge in [-0.05, 0) is 23.1 Å². The van der Waals surface area contributed by atoms with E-state index in [1.807, 2.05) is 12.1 Å². The van der Waals surface area contributed by atoms with Gasteiger partial charge >= 0.3 is 0 Å². The van der Waals surface area contributed by atoms with Crippen LogP contribution in [-0.4, -0.2) is 6.54 Å². The standard InChI is InChI=1S/C12H10.C5H11N3/c1-3-7-11(8-4-1)12-9-5-2-6-10-12;1-2-3-4-5-7-8-6/h1-10H;2-5H2,1H3. The Morgan fingerprint density at radius 1 is 0.850 bits per heavy atom. The van der Waals surface area contributed by atoms with Crippen molar-refractivity contribution >= 4 is 0 Å². The molecule has 0 N–H and O–H groups in total. The minimum atomic E-state index is 0.657. The Labute approximate surface area is 120 Å². The van der Waals surface area contributed by atoms with Gasteiger partial charge in [0.25, 0.3) is 0 Å². The van der Waals surface area contributed by atoms with Crippen molar-refractivity contribution in [2.45, 2.75) is 26.2 Å². The second-order valence-corrected chi connectivity index (χ2v) is 4.39. The maximum Gasteiger partial charge on any atom is 0.0257 e. The van der Waals surface area contributed by atoms with Gasteiger partial charge in [0.15, 0.2) is 0 Å². The summed E-state index contributed by atoms with van der Waals surface area (Å²) in [6, 6.07) is 20.8. The average molecular weight is 267 g/mol. The minimum absolute atomic E-state index is 0.657. The van der Waals surface area contributed by atoms with E-state index in [1.165, 1.54) is 24.0 Å².